The molecule has 0 radical (unpaired) electrons. The Hall–Kier alpha value is -2.52. The van der Waals surface area contributed by atoms with Crippen molar-refractivity contribution in [2.45, 2.75) is 11.4 Å². The molecule has 0 saturated heterocycles. The van der Waals surface area contributed by atoms with Gasteiger partial charge in [-0.1, -0.05) is 12.1 Å². The first-order chi connectivity index (χ1) is 11.4. The average molecular weight is 363 g/mol. The minimum absolute atomic E-state index is 0.107. The number of pyridine rings is 1. The number of nitrogens with zero attached hydrogens (tertiary/aromatic N) is 2. The van der Waals surface area contributed by atoms with E-state index in [9.17, 15) is 18.0 Å². The lowest BCUT2D eigenvalue weighted by Crippen LogP contribution is -2.32. The molecular weight excluding hydrogens is 350 g/mol. The van der Waals surface area contributed by atoms with Gasteiger partial charge < -0.3 is 5.32 Å². The Bertz CT molecular complexity index is 1080. The third-order valence-electron chi connectivity index (χ3n) is 3.32. The van der Waals surface area contributed by atoms with Crippen LogP contribution in [0.25, 0.3) is 10.2 Å². The van der Waals surface area contributed by atoms with Crippen molar-refractivity contribution in [1.29, 1.82) is 0 Å². The molecule has 1 aromatic carbocycles. The summed E-state index contributed by atoms with van der Waals surface area (Å²) in [5, 5.41) is 2.99. The summed E-state index contributed by atoms with van der Waals surface area (Å²) in [6.45, 7) is 0.107. The first-order valence-corrected chi connectivity index (χ1v) is 9.57. The number of fused-ring (bicyclic) bond motifs is 1. The Morgan fingerprint density at radius 3 is 2.79 bits per heavy atom. The fraction of sp³-hybridized carbons (Fsp3) is 0.133. The van der Waals surface area contributed by atoms with Crippen LogP contribution in [0.3, 0.4) is 0 Å². The third-order valence-corrected chi connectivity index (χ3v) is 5.44. The highest BCUT2D eigenvalue weighted by Gasteiger charge is 2.14. The van der Waals surface area contributed by atoms with Gasteiger partial charge in [0.15, 0.2) is 9.84 Å². The quantitative estimate of drug-likeness (QED) is 0.762. The van der Waals surface area contributed by atoms with Crippen molar-refractivity contribution in [3.05, 3.63) is 58.5 Å². The molecule has 1 amide bonds. The summed E-state index contributed by atoms with van der Waals surface area (Å²) in [5.74, 6) is 0. The maximum atomic E-state index is 12.2. The summed E-state index contributed by atoms with van der Waals surface area (Å²) in [6, 6.07) is 8.95. The summed E-state index contributed by atoms with van der Waals surface area (Å²) in [4.78, 5) is 29.1. The summed E-state index contributed by atoms with van der Waals surface area (Å²) < 4.78 is 24.1. The van der Waals surface area contributed by atoms with Crippen LogP contribution >= 0.6 is 11.5 Å². The van der Waals surface area contributed by atoms with E-state index in [-0.39, 0.29) is 11.4 Å². The van der Waals surface area contributed by atoms with E-state index < -0.39 is 21.4 Å². The Morgan fingerprint density at radius 2 is 2.08 bits per heavy atom. The topological polar surface area (TPSA) is 98.1 Å². The molecule has 124 valence electrons. The second-order valence-electron chi connectivity index (χ2n) is 5.13. The SMILES string of the molecule is CS(=O)(=O)c1cccc(CNC(=O)n2sc3ncccc3c2=O)c1. The molecule has 0 unspecified atom stereocenters. The van der Waals surface area contributed by atoms with Gasteiger partial charge in [0.1, 0.15) is 4.83 Å². The number of nitrogens with one attached hydrogen (secondary N) is 1. The number of aromatic nitrogens is 2. The van der Waals surface area contributed by atoms with Crippen molar-refractivity contribution >= 4 is 37.6 Å². The van der Waals surface area contributed by atoms with Crippen LogP contribution in [-0.2, 0) is 16.4 Å². The Labute approximate surface area is 141 Å². The van der Waals surface area contributed by atoms with Crippen molar-refractivity contribution < 1.29 is 13.2 Å². The number of hydrogen-bond donors (Lipinski definition) is 1. The second-order valence-corrected chi connectivity index (χ2v) is 8.08. The lowest BCUT2D eigenvalue weighted by Gasteiger charge is -2.06. The van der Waals surface area contributed by atoms with Gasteiger partial charge in [-0.3, -0.25) is 4.79 Å². The molecule has 3 aromatic rings. The fourth-order valence-electron chi connectivity index (χ4n) is 2.13. The monoisotopic (exact) mass is 363 g/mol. The van der Waals surface area contributed by atoms with Crippen LogP contribution in [0.2, 0.25) is 0 Å². The van der Waals surface area contributed by atoms with E-state index in [1.54, 1.807) is 30.5 Å². The number of amides is 1. The van der Waals surface area contributed by atoms with Crippen LogP contribution in [0.4, 0.5) is 4.79 Å². The van der Waals surface area contributed by atoms with Crippen LogP contribution in [-0.4, -0.2) is 29.6 Å². The minimum atomic E-state index is -3.31. The normalized spacial score (nSPS) is 11.5. The van der Waals surface area contributed by atoms with Crippen molar-refractivity contribution in [3.63, 3.8) is 0 Å². The molecule has 9 heteroatoms. The van der Waals surface area contributed by atoms with Crippen molar-refractivity contribution in [2.24, 2.45) is 0 Å². The number of hydrogen-bond acceptors (Lipinski definition) is 6. The maximum Gasteiger partial charge on any atom is 0.338 e. The highest BCUT2D eigenvalue weighted by Crippen LogP contribution is 2.13. The molecule has 0 bridgehead atoms. The molecule has 0 aliphatic carbocycles. The van der Waals surface area contributed by atoms with E-state index in [4.69, 9.17) is 0 Å². The molecule has 0 aliphatic rings. The number of carbonyl (C=O) groups excluding carboxylic acids is 1. The second kappa shape index (κ2) is 6.17. The fourth-order valence-corrected chi connectivity index (χ4v) is 3.69. The molecule has 2 heterocycles. The predicted octanol–water partition coefficient (Wildman–Crippen LogP) is 1.62. The molecule has 24 heavy (non-hydrogen) atoms. The Kier molecular flexibility index (Phi) is 4.20. The summed E-state index contributed by atoms with van der Waals surface area (Å²) in [5.41, 5.74) is 0.198. The molecule has 2 aromatic heterocycles. The molecule has 0 saturated carbocycles. The van der Waals surface area contributed by atoms with Gasteiger partial charge in [-0.15, -0.1) is 0 Å². The van der Waals surface area contributed by atoms with Gasteiger partial charge in [-0.05, 0) is 41.4 Å². The van der Waals surface area contributed by atoms with Gasteiger partial charge in [-0.25, -0.2) is 18.2 Å². The molecule has 3 rings (SSSR count). The van der Waals surface area contributed by atoms with Crippen molar-refractivity contribution in [1.82, 2.24) is 14.3 Å². The number of rotatable bonds is 3. The Balaban J connectivity index is 1.80. The van der Waals surface area contributed by atoms with Gasteiger partial charge in [0.05, 0.1) is 10.3 Å². The first-order valence-electron chi connectivity index (χ1n) is 6.90. The zero-order valence-electron chi connectivity index (χ0n) is 12.6. The summed E-state index contributed by atoms with van der Waals surface area (Å²) >= 11 is 0.960. The largest absolute Gasteiger partial charge is 0.338 e. The van der Waals surface area contributed by atoms with Crippen LogP contribution in [0.15, 0.2) is 52.3 Å². The average Bonchev–Trinajstić information content (AvgIpc) is 2.90. The number of sulfone groups is 1. The number of benzene rings is 1. The summed E-state index contributed by atoms with van der Waals surface area (Å²) in [6.07, 6.45) is 2.67. The van der Waals surface area contributed by atoms with Crippen LogP contribution < -0.4 is 10.9 Å². The van der Waals surface area contributed by atoms with E-state index in [1.165, 1.54) is 12.1 Å². The van der Waals surface area contributed by atoms with Gasteiger partial charge in [0.2, 0.25) is 0 Å². The van der Waals surface area contributed by atoms with Gasteiger partial charge in [0.25, 0.3) is 5.56 Å². The Morgan fingerprint density at radius 1 is 1.29 bits per heavy atom. The van der Waals surface area contributed by atoms with Crippen LogP contribution in [0, 0.1) is 0 Å². The number of carbonyl (C=O) groups is 1. The highest BCUT2D eigenvalue weighted by molar-refractivity contribution is 7.90. The lowest BCUT2D eigenvalue weighted by molar-refractivity contribution is 0.243. The maximum absolute atomic E-state index is 12.2. The smallest absolute Gasteiger partial charge is 0.333 e. The molecule has 1 N–H and O–H groups in total. The van der Waals surface area contributed by atoms with E-state index >= 15 is 0 Å². The van der Waals surface area contributed by atoms with Crippen molar-refractivity contribution in [3.8, 4) is 0 Å². The molecule has 0 aliphatic heterocycles. The van der Waals surface area contributed by atoms with Crippen molar-refractivity contribution in [2.75, 3.05) is 6.26 Å². The van der Waals surface area contributed by atoms with Gasteiger partial charge in [-0.2, -0.15) is 3.96 Å². The summed E-state index contributed by atoms with van der Waals surface area (Å²) in [7, 11) is -3.31. The molecule has 7 nitrogen and oxygen atoms in total. The lowest BCUT2D eigenvalue weighted by atomic mass is 10.2. The van der Waals surface area contributed by atoms with E-state index in [0.29, 0.717) is 15.8 Å². The first kappa shape index (κ1) is 16.3. The molecule has 0 atom stereocenters. The predicted molar refractivity (Wildman–Crippen MR) is 91.1 cm³/mol. The van der Waals surface area contributed by atoms with E-state index in [0.717, 1.165) is 21.7 Å². The molecule has 0 spiro atoms. The van der Waals surface area contributed by atoms with Gasteiger partial charge in [0, 0.05) is 19.0 Å². The highest BCUT2D eigenvalue weighted by atomic mass is 32.2. The van der Waals surface area contributed by atoms with Crippen LogP contribution in [0.5, 0.6) is 0 Å². The standard InChI is InChI=1S/C15H13N3O4S2/c1-24(21,22)11-5-2-4-10(8-11)9-17-15(20)18-14(19)12-6-3-7-16-13(12)23-18/h2-8H,9H2,1H3,(H,17,20). The molecular formula is C15H13N3O4S2. The van der Waals surface area contributed by atoms with E-state index in [1.807, 2.05) is 0 Å². The van der Waals surface area contributed by atoms with Crippen LogP contribution in [0.1, 0.15) is 5.56 Å². The van der Waals surface area contributed by atoms with E-state index in [2.05, 4.69) is 10.3 Å². The van der Waals surface area contributed by atoms with Gasteiger partial charge >= 0.3 is 6.03 Å². The molecule has 0 fully saturated rings. The zero-order valence-corrected chi connectivity index (χ0v) is 14.2. The third kappa shape index (κ3) is 3.22. The zero-order chi connectivity index (χ0) is 17.3. The minimum Gasteiger partial charge on any atom is -0.333 e.